The van der Waals surface area contributed by atoms with Crippen LogP contribution in [0, 0.1) is 11.7 Å². The number of carbonyl (C=O) groups excluding carboxylic acids is 2. The number of thioether (sulfide) groups is 1. The fraction of sp³-hybridized carbons (Fsp3) is 0.364. The Bertz CT molecular complexity index is 903. The summed E-state index contributed by atoms with van der Waals surface area (Å²) < 4.78 is 13.1. The number of piperazine rings is 1. The molecule has 0 radical (unpaired) electrons. The lowest BCUT2D eigenvalue weighted by molar-refractivity contribution is -0.139. The third kappa shape index (κ3) is 4.75. The van der Waals surface area contributed by atoms with Gasteiger partial charge in [0.15, 0.2) is 0 Å². The second-order valence-electron chi connectivity index (χ2n) is 7.43. The van der Waals surface area contributed by atoms with E-state index in [2.05, 4.69) is 12.1 Å². The van der Waals surface area contributed by atoms with Gasteiger partial charge in [-0.3, -0.25) is 9.59 Å². The first-order valence-electron chi connectivity index (χ1n) is 9.72. The number of halogens is 2. The summed E-state index contributed by atoms with van der Waals surface area (Å²) in [4.78, 5) is 29.6. The number of hydrogen-bond donors (Lipinski definition) is 0. The molecule has 0 N–H and O–H groups in total. The zero-order chi connectivity index (χ0) is 20.4. The largest absolute Gasteiger partial charge is 0.339 e. The van der Waals surface area contributed by atoms with Gasteiger partial charge in [0.05, 0.1) is 10.8 Å². The predicted octanol–water partition coefficient (Wildman–Crippen LogP) is 4.05. The van der Waals surface area contributed by atoms with Crippen LogP contribution in [0.15, 0.2) is 53.4 Å². The van der Waals surface area contributed by atoms with E-state index in [4.69, 9.17) is 11.6 Å². The van der Waals surface area contributed by atoms with Crippen molar-refractivity contribution in [1.82, 2.24) is 9.80 Å². The molecule has 2 fully saturated rings. The highest BCUT2D eigenvalue weighted by Crippen LogP contribution is 2.48. The molecule has 2 aromatic rings. The van der Waals surface area contributed by atoms with Gasteiger partial charge in [0, 0.05) is 37.0 Å². The Hall–Kier alpha value is -2.05. The molecule has 1 heterocycles. The fourth-order valence-corrected chi connectivity index (χ4v) is 4.92. The van der Waals surface area contributed by atoms with Gasteiger partial charge < -0.3 is 9.80 Å². The lowest BCUT2D eigenvalue weighted by atomic mass is 10.1. The van der Waals surface area contributed by atoms with Crippen LogP contribution < -0.4 is 0 Å². The Labute approximate surface area is 179 Å². The normalized spacial score (nSPS) is 21.2. The van der Waals surface area contributed by atoms with Crippen LogP contribution in [0.2, 0.25) is 5.02 Å². The number of rotatable bonds is 5. The molecule has 1 saturated carbocycles. The third-order valence-electron chi connectivity index (χ3n) is 5.52. The summed E-state index contributed by atoms with van der Waals surface area (Å²) in [6.45, 7) is 2.24. The quantitative estimate of drug-likeness (QED) is 0.669. The molecule has 0 aromatic heterocycles. The fourth-order valence-electron chi connectivity index (χ4n) is 3.77. The van der Waals surface area contributed by atoms with Crippen LogP contribution in [-0.2, 0) is 9.59 Å². The van der Waals surface area contributed by atoms with E-state index >= 15 is 0 Å². The van der Waals surface area contributed by atoms with E-state index in [9.17, 15) is 14.0 Å². The predicted molar refractivity (Wildman–Crippen MR) is 113 cm³/mol. The van der Waals surface area contributed by atoms with E-state index in [1.807, 2.05) is 23.1 Å². The molecule has 0 bridgehead atoms. The molecule has 1 saturated heterocycles. The van der Waals surface area contributed by atoms with Crippen LogP contribution in [0.3, 0.4) is 0 Å². The van der Waals surface area contributed by atoms with Crippen LogP contribution >= 0.6 is 23.4 Å². The highest BCUT2D eigenvalue weighted by molar-refractivity contribution is 8.00. The lowest BCUT2D eigenvalue weighted by Crippen LogP contribution is -2.51. The first kappa shape index (κ1) is 20.2. The summed E-state index contributed by atoms with van der Waals surface area (Å²) in [7, 11) is 0. The Morgan fingerprint density at radius 2 is 1.72 bits per heavy atom. The summed E-state index contributed by atoms with van der Waals surface area (Å²) in [5, 5.41) is 0.315. The maximum atomic E-state index is 13.1. The Morgan fingerprint density at radius 1 is 1.03 bits per heavy atom. The van der Waals surface area contributed by atoms with Crippen molar-refractivity contribution in [2.24, 2.45) is 5.92 Å². The van der Waals surface area contributed by atoms with Gasteiger partial charge in [-0.2, -0.15) is 0 Å². The van der Waals surface area contributed by atoms with Crippen molar-refractivity contribution in [3.8, 4) is 0 Å². The molecule has 2 aliphatic rings. The molecular formula is C22H22ClFN2O2S. The van der Waals surface area contributed by atoms with Crippen molar-refractivity contribution in [2.45, 2.75) is 17.2 Å². The zero-order valence-corrected chi connectivity index (χ0v) is 17.5. The summed E-state index contributed by atoms with van der Waals surface area (Å²) >= 11 is 7.32. The van der Waals surface area contributed by atoms with Gasteiger partial charge in [-0.25, -0.2) is 4.39 Å². The van der Waals surface area contributed by atoms with E-state index in [0.717, 1.165) is 6.42 Å². The Kier molecular flexibility index (Phi) is 6.11. The van der Waals surface area contributed by atoms with Gasteiger partial charge in [0.2, 0.25) is 11.8 Å². The van der Waals surface area contributed by atoms with Crippen molar-refractivity contribution in [2.75, 3.05) is 31.9 Å². The van der Waals surface area contributed by atoms with E-state index in [1.54, 1.807) is 11.0 Å². The van der Waals surface area contributed by atoms with Crippen molar-refractivity contribution in [3.05, 3.63) is 64.9 Å². The minimum atomic E-state index is -0.392. The van der Waals surface area contributed by atoms with Crippen molar-refractivity contribution < 1.29 is 14.0 Å². The Morgan fingerprint density at radius 3 is 2.41 bits per heavy atom. The molecule has 0 spiro atoms. The summed E-state index contributed by atoms with van der Waals surface area (Å²) in [5.74, 6) is 0.486. The van der Waals surface area contributed by atoms with E-state index in [-0.39, 0.29) is 23.5 Å². The first-order chi connectivity index (χ1) is 14.0. The molecule has 152 valence electrons. The van der Waals surface area contributed by atoms with Gasteiger partial charge in [-0.1, -0.05) is 41.9 Å². The standard InChI is InChI=1S/C22H22ClFN2O2S/c23-19-12-16(24)6-7-20(19)29-14-21(27)25-8-10-26(11-9-25)22(28)18-13-17(18)15-4-2-1-3-5-15/h1-7,12,17-18H,8-11,13-14H2/t17-,18+/m0/s1. The molecule has 29 heavy (non-hydrogen) atoms. The molecule has 4 rings (SSSR count). The topological polar surface area (TPSA) is 40.6 Å². The van der Waals surface area contributed by atoms with Crippen LogP contribution in [0.5, 0.6) is 0 Å². The highest BCUT2D eigenvalue weighted by Gasteiger charge is 2.46. The number of carbonyl (C=O) groups is 2. The Balaban J connectivity index is 1.24. The van der Waals surface area contributed by atoms with Crippen LogP contribution in [0.4, 0.5) is 4.39 Å². The van der Waals surface area contributed by atoms with Gasteiger partial charge in [-0.05, 0) is 36.1 Å². The van der Waals surface area contributed by atoms with Crippen LogP contribution in [-0.4, -0.2) is 53.5 Å². The average molecular weight is 433 g/mol. The zero-order valence-electron chi connectivity index (χ0n) is 15.9. The van der Waals surface area contributed by atoms with E-state index < -0.39 is 5.82 Å². The van der Waals surface area contributed by atoms with Crippen molar-refractivity contribution in [1.29, 1.82) is 0 Å². The first-order valence-corrected chi connectivity index (χ1v) is 11.1. The summed E-state index contributed by atoms with van der Waals surface area (Å²) in [6, 6.07) is 14.3. The van der Waals surface area contributed by atoms with Crippen LogP contribution in [0.1, 0.15) is 17.9 Å². The van der Waals surface area contributed by atoms with Gasteiger partial charge in [-0.15, -0.1) is 11.8 Å². The molecule has 2 atom stereocenters. The second-order valence-corrected chi connectivity index (χ2v) is 8.85. The monoisotopic (exact) mass is 432 g/mol. The average Bonchev–Trinajstić information content (AvgIpc) is 3.54. The van der Waals surface area contributed by atoms with Crippen LogP contribution in [0.25, 0.3) is 0 Å². The molecule has 1 aliphatic heterocycles. The molecule has 1 aliphatic carbocycles. The number of benzene rings is 2. The second kappa shape index (κ2) is 8.76. The van der Waals surface area contributed by atoms with E-state index in [0.29, 0.717) is 42.0 Å². The highest BCUT2D eigenvalue weighted by atomic mass is 35.5. The third-order valence-corrected chi connectivity index (χ3v) is 7.01. The molecule has 7 heteroatoms. The SMILES string of the molecule is O=C(CSc1ccc(F)cc1Cl)N1CCN(C(=O)[C@@H]2C[C@H]2c2ccccc2)CC1. The summed E-state index contributed by atoms with van der Waals surface area (Å²) in [6.07, 6.45) is 0.914. The van der Waals surface area contributed by atoms with Crippen molar-refractivity contribution in [3.63, 3.8) is 0 Å². The van der Waals surface area contributed by atoms with Gasteiger partial charge in [0.25, 0.3) is 0 Å². The molecule has 2 amide bonds. The minimum absolute atomic E-state index is 0.0103. The number of hydrogen-bond acceptors (Lipinski definition) is 3. The van der Waals surface area contributed by atoms with E-state index in [1.165, 1.54) is 29.5 Å². The van der Waals surface area contributed by atoms with Crippen molar-refractivity contribution >= 4 is 35.2 Å². The maximum Gasteiger partial charge on any atom is 0.233 e. The number of nitrogens with zero attached hydrogens (tertiary/aromatic N) is 2. The van der Waals surface area contributed by atoms with Gasteiger partial charge >= 0.3 is 0 Å². The lowest BCUT2D eigenvalue weighted by Gasteiger charge is -2.35. The molecular weight excluding hydrogens is 411 g/mol. The maximum absolute atomic E-state index is 13.1. The van der Waals surface area contributed by atoms with Gasteiger partial charge in [0.1, 0.15) is 5.82 Å². The molecule has 4 nitrogen and oxygen atoms in total. The molecule has 2 aromatic carbocycles. The smallest absolute Gasteiger partial charge is 0.233 e. The minimum Gasteiger partial charge on any atom is -0.339 e. The number of amides is 2. The summed E-state index contributed by atoms with van der Waals surface area (Å²) in [5.41, 5.74) is 1.23. The molecule has 0 unspecified atom stereocenters.